The molecule has 4 rings (SSSR count). The molecule has 150 valence electrons. The second-order valence-corrected chi connectivity index (χ2v) is 9.58. The second kappa shape index (κ2) is 6.90. The molecule has 1 fully saturated rings. The Balaban J connectivity index is 1.63. The number of imidazole rings is 1. The molecule has 0 aromatic carbocycles. The Morgan fingerprint density at radius 1 is 1.32 bits per heavy atom. The van der Waals surface area contributed by atoms with Crippen LogP contribution in [0.2, 0.25) is 0 Å². The van der Waals surface area contributed by atoms with Crippen LogP contribution in [0.5, 0.6) is 0 Å². The van der Waals surface area contributed by atoms with Gasteiger partial charge in [-0.3, -0.25) is 9.36 Å². The third kappa shape index (κ3) is 3.91. The van der Waals surface area contributed by atoms with Crippen molar-refractivity contribution in [3.63, 3.8) is 0 Å². The number of aryl methyl sites for hydroxylation is 1. The minimum Gasteiger partial charge on any atom is -0.353 e. The van der Waals surface area contributed by atoms with E-state index in [0.29, 0.717) is 5.65 Å². The summed E-state index contributed by atoms with van der Waals surface area (Å²) in [4.78, 5) is 32.0. The molecule has 0 bridgehead atoms. The van der Waals surface area contributed by atoms with Crippen LogP contribution >= 0.6 is 0 Å². The van der Waals surface area contributed by atoms with Crippen LogP contribution in [0, 0.1) is 11.3 Å². The highest BCUT2D eigenvalue weighted by atomic mass is 16.2. The predicted octanol–water partition coefficient (Wildman–Crippen LogP) is 3.31. The number of allylic oxidation sites excluding steroid dienone is 1. The van der Waals surface area contributed by atoms with Crippen molar-refractivity contribution in [1.82, 2.24) is 19.9 Å². The van der Waals surface area contributed by atoms with Crippen molar-refractivity contribution >= 4 is 22.6 Å². The highest BCUT2D eigenvalue weighted by Gasteiger charge is 2.31. The second-order valence-electron chi connectivity index (χ2n) is 9.58. The van der Waals surface area contributed by atoms with Gasteiger partial charge in [0.05, 0.1) is 11.2 Å². The number of hydrogen-bond donors (Lipinski definition) is 2. The van der Waals surface area contributed by atoms with Gasteiger partial charge in [0.1, 0.15) is 0 Å². The molecule has 0 saturated heterocycles. The maximum atomic E-state index is 12.2. The van der Waals surface area contributed by atoms with Gasteiger partial charge < -0.3 is 10.3 Å². The minimum absolute atomic E-state index is 0.109. The molecule has 0 spiro atoms. The lowest BCUT2D eigenvalue weighted by Crippen LogP contribution is -2.36. The molecular formula is C22H30N4O2. The molecule has 1 atom stereocenters. The summed E-state index contributed by atoms with van der Waals surface area (Å²) in [5.41, 5.74) is 4.84. The lowest BCUT2D eigenvalue weighted by atomic mass is 9.86. The molecule has 2 aliphatic rings. The first kappa shape index (κ1) is 19.0. The van der Waals surface area contributed by atoms with Gasteiger partial charge in [-0.2, -0.15) is 0 Å². The van der Waals surface area contributed by atoms with Crippen LogP contribution in [-0.4, -0.2) is 26.5 Å². The Hall–Kier alpha value is -2.37. The first-order valence-corrected chi connectivity index (χ1v) is 10.3. The topological polar surface area (TPSA) is 79.8 Å². The summed E-state index contributed by atoms with van der Waals surface area (Å²) in [5, 5.41) is 3.18. The van der Waals surface area contributed by atoms with Gasteiger partial charge in [0.2, 0.25) is 5.91 Å². The Kier molecular flexibility index (Phi) is 4.68. The summed E-state index contributed by atoms with van der Waals surface area (Å²) in [6, 6.07) is 2.37. The fourth-order valence-corrected chi connectivity index (χ4v) is 3.99. The number of carbonyl (C=O) groups is 1. The average molecular weight is 383 g/mol. The molecule has 28 heavy (non-hydrogen) atoms. The lowest BCUT2D eigenvalue weighted by molar-refractivity contribution is -0.123. The van der Waals surface area contributed by atoms with Gasteiger partial charge in [-0.05, 0) is 61.1 Å². The number of amides is 1. The predicted molar refractivity (Wildman–Crippen MR) is 111 cm³/mol. The average Bonchev–Trinajstić information content (AvgIpc) is 3.43. The SMILES string of the molecule is Cn1c(=O)[nH]c2c(CC(C)(C)C)cc(C3=CCC(NC(=O)C4CC4)CC3)nc21. The van der Waals surface area contributed by atoms with Gasteiger partial charge in [0, 0.05) is 19.0 Å². The van der Waals surface area contributed by atoms with Gasteiger partial charge >= 0.3 is 5.69 Å². The summed E-state index contributed by atoms with van der Waals surface area (Å²) in [5.74, 6) is 0.473. The smallest absolute Gasteiger partial charge is 0.327 e. The first-order chi connectivity index (χ1) is 13.2. The molecule has 1 amide bonds. The number of H-pyrrole nitrogens is 1. The number of hydrogen-bond acceptors (Lipinski definition) is 3. The van der Waals surface area contributed by atoms with E-state index in [-0.39, 0.29) is 29.0 Å². The van der Waals surface area contributed by atoms with E-state index in [1.54, 1.807) is 11.6 Å². The van der Waals surface area contributed by atoms with E-state index in [1.807, 2.05) is 0 Å². The van der Waals surface area contributed by atoms with E-state index in [4.69, 9.17) is 4.98 Å². The van der Waals surface area contributed by atoms with Crippen molar-refractivity contribution in [2.24, 2.45) is 18.4 Å². The van der Waals surface area contributed by atoms with Crippen molar-refractivity contribution in [3.05, 3.63) is 33.9 Å². The zero-order valence-corrected chi connectivity index (χ0v) is 17.3. The van der Waals surface area contributed by atoms with Crippen LogP contribution in [0.15, 0.2) is 16.9 Å². The molecule has 6 nitrogen and oxygen atoms in total. The molecule has 1 unspecified atom stereocenters. The standard InChI is InChI=1S/C22H30N4O2/c1-22(2,3)12-15-11-17(24-19-18(15)25-21(28)26(19)4)13-7-9-16(10-8-13)23-20(27)14-5-6-14/h7,11,14,16H,5-6,8-10,12H2,1-4H3,(H,23,27)(H,25,28). The summed E-state index contributed by atoms with van der Waals surface area (Å²) in [7, 11) is 1.76. The molecular weight excluding hydrogens is 352 g/mol. The van der Waals surface area contributed by atoms with Crippen LogP contribution in [0.4, 0.5) is 0 Å². The molecule has 2 aliphatic carbocycles. The number of aromatic amines is 1. The first-order valence-electron chi connectivity index (χ1n) is 10.3. The fraction of sp³-hybridized carbons (Fsp3) is 0.591. The zero-order valence-electron chi connectivity index (χ0n) is 17.3. The van der Waals surface area contributed by atoms with Gasteiger partial charge in [-0.1, -0.05) is 26.8 Å². The molecule has 0 radical (unpaired) electrons. The number of nitrogens with one attached hydrogen (secondary N) is 2. The van der Waals surface area contributed by atoms with Crippen LogP contribution in [0.3, 0.4) is 0 Å². The Morgan fingerprint density at radius 3 is 2.68 bits per heavy atom. The van der Waals surface area contributed by atoms with Gasteiger partial charge in [-0.25, -0.2) is 9.78 Å². The monoisotopic (exact) mass is 382 g/mol. The van der Waals surface area contributed by atoms with E-state index in [9.17, 15) is 9.59 Å². The van der Waals surface area contributed by atoms with E-state index >= 15 is 0 Å². The van der Waals surface area contributed by atoms with Crippen LogP contribution < -0.4 is 11.0 Å². The third-order valence-electron chi connectivity index (χ3n) is 5.69. The highest BCUT2D eigenvalue weighted by Crippen LogP contribution is 2.32. The number of aromatic nitrogens is 3. The van der Waals surface area contributed by atoms with Gasteiger partial charge in [-0.15, -0.1) is 0 Å². The Labute approximate surface area is 165 Å². The number of carbonyl (C=O) groups excluding carboxylic acids is 1. The van der Waals surface area contributed by atoms with Crippen LogP contribution in [0.25, 0.3) is 16.7 Å². The Bertz CT molecular complexity index is 1000. The van der Waals surface area contributed by atoms with E-state index in [2.05, 4.69) is 43.2 Å². The molecule has 2 aromatic heterocycles. The number of nitrogens with zero attached hydrogens (tertiary/aromatic N) is 2. The van der Waals surface area contributed by atoms with Crippen molar-refractivity contribution in [2.75, 3.05) is 0 Å². The fourth-order valence-electron chi connectivity index (χ4n) is 3.99. The lowest BCUT2D eigenvalue weighted by Gasteiger charge is -2.24. The van der Waals surface area contributed by atoms with Crippen LogP contribution in [-0.2, 0) is 18.3 Å². The minimum atomic E-state index is -0.129. The maximum Gasteiger partial charge on any atom is 0.327 e. The van der Waals surface area contributed by atoms with Crippen molar-refractivity contribution in [1.29, 1.82) is 0 Å². The molecule has 0 aliphatic heterocycles. The van der Waals surface area contributed by atoms with Crippen molar-refractivity contribution in [2.45, 2.75) is 65.3 Å². The molecule has 2 aromatic rings. The normalized spacial score (nSPS) is 20.3. The molecule has 6 heteroatoms. The number of rotatable bonds is 4. The van der Waals surface area contributed by atoms with Gasteiger partial charge in [0.15, 0.2) is 5.65 Å². The summed E-state index contributed by atoms with van der Waals surface area (Å²) >= 11 is 0. The van der Waals surface area contributed by atoms with Gasteiger partial charge in [0.25, 0.3) is 0 Å². The van der Waals surface area contributed by atoms with E-state index < -0.39 is 0 Å². The Morgan fingerprint density at radius 2 is 2.07 bits per heavy atom. The summed E-state index contributed by atoms with van der Waals surface area (Å²) in [6.07, 6.45) is 7.82. The van der Waals surface area contributed by atoms with E-state index in [0.717, 1.165) is 55.3 Å². The quantitative estimate of drug-likeness (QED) is 0.851. The van der Waals surface area contributed by atoms with Crippen molar-refractivity contribution in [3.8, 4) is 0 Å². The molecule has 2 N–H and O–H groups in total. The molecule has 1 saturated carbocycles. The highest BCUT2D eigenvalue weighted by molar-refractivity contribution is 5.81. The number of pyridine rings is 1. The maximum absolute atomic E-state index is 12.2. The van der Waals surface area contributed by atoms with E-state index in [1.165, 1.54) is 5.57 Å². The largest absolute Gasteiger partial charge is 0.353 e. The number of fused-ring (bicyclic) bond motifs is 1. The third-order valence-corrected chi connectivity index (χ3v) is 5.69. The zero-order chi connectivity index (χ0) is 20.1. The molecule has 2 heterocycles. The van der Waals surface area contributed by atoms with Crippen LogP contribution in [0.1, 0.15) is 64.1 Å². The summed E-state index contributed by atoms with van der Waals surface area (Å²) < 4.78 is 1.59. The van der Waals surface area contributed by atoms with Crippen molar-refractivity contribution < 1.29 is 4.79 Å². The summed E-state index contributed by atoms with van der Waals surface area (Å²) in [6.45, 7) is 6.60.